The molecule has 160 valence electrons. The van der Waals surface area contributed by atoms with E-state index >= 15 is 0 Å². The van der Waals surface area contributed by atoms with Crippen molar-refractivity contribution in [2.24, 2.45) is 0 Å². The monoisotopic (exact) mass is 464 g/mol. The van der Waals surface area contributed by atoms with Crippen LogP contribution in [-0.4, -0.2) is 4.98 Å². The lowest BCUT2D eigenvalue weighted by Crippen LogP contribution is -2.24. The zero-order valence-corrected chi connectivity index (χ0v) is 18.5. The number of para-hydroxylation sites is 1. The van der Waals surface area contributed by atoms with E-state index in [1.54, 1.807) is 18.2 Å². The molecule has 1 aliphatic carbocycles. The molecule has 2 aromatic carbocycles. The number of halogens is 2. The summed E-state index contributed by atoms with van der Waals surface area (Å²) in [4.78, 5) is 18.1. The van der Waals surface area contributed by atoms with Crippen molar-refractivity contribution in [2.75, 3.05) is 5.73 Å². The van der Waals surface area contributed by atoms with Crippen LogP contribution < -0.4 is 16.1 Å². The number of fused-ring (bicyclic) bond motifs is 5. The van der Waals surface area contributed by atoms with E-state index in [0.717, 1.165) is 36.9 Å². The molecule has 5 nitrogen and oxygen atoms in total. The molecule has 7 heteroatoms. The minimum Gasteiger partial charge on any atom is -0.437 e. The van der Waals surface area contributed by atoms with Crippen molar-refractivity contribution in [3.05, 3.63) is 90.9 Å². The van der Waals surface area contributed by atoms with Gasteiger partial charge < -0.3 is 14.9 Å². The maximum absolute atomic E-state index is 13.3. The van der Waals surface area contributed by atoms with Crippen molar-refractivity contribution in [2.45, 2.75) is 31.6 Å². The van der Waals surface area contributed by atoms with E-state index < -0.39 is 11.5 Å². The minimum absolute atomic E-state index is 0.365. The van der Waals surface area contributed by atoms with Crippen LogP contribution in [0.1, 0.15) is 46.7 Å². The van der Waals surface area contributed by atoms with Crippen LogP contribution >= 0.6 is 23.2 Å². The summed E-state index contributed by atoms with van der Waals surface area (Å²) in [6.45, 7) is 0. The van der Waals surface area contributed by atoms with Crippen LogP contribution in [0.25, 0.3) is 11.0 Å². The molecule has 2 aromatic heterocycles. The molecule has 32 heavy (non-hydrogen) atoms. The van der Waals surface area contributed by atoms with Crippen molar-refractivity contribution in [1.29, 1.82) is 0 Å². The van der Waals surface area contributed by atoms with Crippen LogP contribution in [-0.2, 0) is 12.8 Å². The van der Waals surface area contributed by atoms with E-state index in [4.69, 9.17) is 43.1 Å². The number of anilines is 1. The highest BCUT2D eigenvalue weighted by Crippen LogP contribution is 2.52. The fraction of sp³-hybridized carbons (Fsp3) is 0.200. The lowest BCUT2D eigenvalue weighted by Gasteiger charge is -2.31. The van der Waals surface area contributed by atoms with Gasteiger partial charge in [0.1, 0.15) is 5.58 Å². The molecular weight excluding hydrogens is 447 g/mol. The van der Waals surface area contributed by atoms with Gasteiger partial charge in [-0.05, 0) is 61.1 Å². The number of benzene rings is 2. The van der Waals surface area contributed by atoms with E-state index in [9.17, 15) is 4.79 Å². The third-order valence-electron chi connectivity index (χ3n) is 6.37. The average molecular weight is 465 g/mol. The van der Waals surface area contributed by atoms with Crippen LogP contribution in [0.2, 0.25) is 10.0 Å². The summed E-state index contributed by atoms with van der Waals surface area (Å²) in [7, 11) is 0. The van der Waals surface area contributed by atoms with E-state index in [0.29, 0.717) is 55.0 Å². The number of hydrogen-bond acceptors (Lipinski definition) is 5. The van der Waals surface area contributed by atoms with Crippen molar-refractivity contribution < 1.29 is 9.15 Å². The second-order valence-corrected chi connectivity index (χ2v) is 9.05. The average Bonchev–Trinajstić information content (AvgIpc) is 2.78. The van der Waals surface area contributed by atoms with Gasteiger partial charge in [-0.15, -0.1) is 0 Å². The van der Waals surface area contributed by atoms with Gasteiger partial charge in [0.05, 0.1) is 22.4 Å². The Labute approximate surface area is 193 Å². The fourth-order valence-corrected chi connectivity index (χ4v) is 5.42. The zero-order chi connectivity index (χ0) is 22.0. The van der Waals surface area contributed by atoms with Gasteiger partial charge in [-0.25, -0.2) is 9.78 Å². The number of aromatic nitrogens is 1. The number of ether oxygens (including phenoxy) is 1. The summed E-state index contributed by atoms with van der Waals surface area (Å²) in [6, 6.07) is 12.5. The van der Waals surface area contributed by atoms with Crippen molar-refractivity contribution >= 4 is 39.9 Å². The summed E-state index contributed by atoms with van der Waals surface area (Å²) < 4.78 is 12.0. The molecule has 4 aromatic rings. The second kappa shape index (κ2) is 7.26. The highest BCUT2D eigenvalue weighted by molar-refractivity contribution is 6.35. The van der Waals surface area contributed by atoms with Crippen molar-refractivity contribution in [3.8, 4) is 11.6 Å². The summed E-state index contributed by atoms with van der Waals surface area (Å²) in [5.74, 6) is 0.268. The van der Waals surface area contributed by atoms with E-state index in [2.05, 4.69) is 0 Å². The largest absolute Gasteiger partial charge is 0.437 e. The lowest BCUT2D eigenvalue weighted by molar-refractivity contribution is 0.420. The number of nitrogens with two attached hydrogens (primary N) is 1. The highest BCUT2D eigenvalue weighted by Gasteiger charge is 2.39. The van der Waals surface area contributed by atoms with Gasteiger partial charge in [0.2, 0.25) is 5.88 Å². The SMILES string of the molecule is Nc1c2c(nc3c1C(c1ccc(Cl)cc1Cl)c1c(c4ccccc4oc1=O)O3)CCCC2. The van der Waals surface area contributed by atoms with Gasteiger partial charge in [-0.3, -0.25) is 0 Å². The second-order valence-electron chi connectivity index (χ2n) is 8.21. The van der Waals surface area contributed by atoms with Gasteiger partial charge in [-0.1, -0.05) is 41.4 Å². The molecule has 1 atom stereocenters. The predicted octanol–water partition coefficient (Wildman–Crippen LogP) is 6.24. The third-order valence-corrected chi connectivity index (χ3v) is 6.93. The Balaban J connectivity index is 1.73. The molecule has 2 N–H and O–H groups in total. The summed E-state index contributed by atoms with van der Waals surface area (Å²) in [5.41, 5.74) is 11.0. The molecule has 2 aliphatic rings. The molecule has 0 bridgehead atoms. The topological polar surface area (TPSA) is 78.4 Å². The van der Waals surface area contributed by atoms with Gasteiger partial charge in [0, 0.05) is 21.4 Å². The van der Waals surface area contributed by atoms with Crippen LogP contribution in [0.4, 0.5) is 5.69 Å². The standard InChI is InChI=1S/C25H18Cl2N2O3/c26-12-9-10-13(16(27)11-12)19-20-22(28)14-5-1-3-7-17(14)29-24(20)32-23-15-6-2-4-8-18(15)31-25(30)21(19)23/h2,4,6,8-11,19H,1,3,5,7H2,(H2,28,29). The number of pyridine rings is 1. The molecule has 0 fully saturated rings. The Morgan fingerprint density at radius 1 is 1.03 bits per heavy atom. The first-order valence-corrected chi connectivity index (χ1v) is 11.3. The molecular formula is C25H18Cl2N2O3. The van der Waals surface area contributed by atoms with Gasteiger partial charge in [-0.2, -0.15) is 0 Å². The predicted molar refractivity (Wildman–Crippen MR) is 125 cm³/mol. The molecule has 0 saturated heterocycles. The maximum Gasteiger partial charge on any atom is 0.344 e. The van der Waals surface area contributed by atoms with Gasteiger partial charge in [0.15, 0.2) is 5.75 Å². The lowest BCUT2D eigenvalue weighted by atomic mass is 9.80. The molecule has 0 radical (unpaired) electrons. The Hall–Kier alpha value is -3.02. The van der Waals surface area contributed by atoms with E-state index in [-0.39, 0.29) is 0 Å². The molecule has 0 amide bonds. The van der Waals surface area contributed by atoms with Gasteiger partial charge in [0.25, 0.3) is 0 Å². The Bertz CT molecular complexity index is 1480. The first-order valence-electron chi connectivity index (χ1n) is 10.5. The minimum atomic E-state index is -0.584. The number of hydrogen-bond donors (Lipinski definition) is 1. The zero-order valence-electron chi connectivity index (χ0n) is 17.0. The number of aryl methyl sites for hydroxylation is 1. The molecule has 1 aliphatic heterocycles. The first kappa shape index (κ1) is 19.6. The summed E-state index contributed by atoms with van der Waals surface area (Å²) >= 11 is 12.8. The van der Waals surface area contributed by atoms with Crippen LogP contribution in [0.5, 0.6) is 11.6 Å². The number of nitrogens with zero attached hydrogens (tertiary/aromatic N) is 1. The number of rotatable bonds is 1. The molecule has 1 unspecified atom stereocenters. The maximum atomic E-state index is 13.3. The van der Waals surface area contributed by atoms with E-state index in [1.165, 1.54) is 0 Å². The molecule has 3 heterocycles. The van der Waals surface area contributed by atoms with Crippen LogP contribution in [0, 0.1) is 0 Å². The fourth-order valence-electron chi connectivity index (χ4n) is 4.90. The first-order chi connectivity index (χ1) is 15.5. The molecule has 6 rings (SSSR count). The highest BCUT2D eigenvalue weighted by atomic mass is 35.5. The van der Waals surface area contributed by atoms with Crippen molar-refractivity contribution in [1.82, 2.24) is 4.98 Å². The summed E-state index contributed by atoms with van der Waals surface area (Å²) in [5, 5.41) is 1.64. The van der Waals surface area contributed by atoms with Crippen LogP contribution in [0.15, 0.2) is 51.7 Å². The smallest absolute Gasteiger partial charge is 0.344 e. The number of nitrogen functional groups attached to an aromatic ring is 1. The van der Waals surface area contributed by atoms with Crippen LogP contribution in [0.3, 0.4) is 0 Å². The summed E-state index contributed by atoms with van der Waals surface area (Å²) in [6.07, 6.45) is 3.82. The normalized spacial score (nSPS) is 16.8. The van der Waals surface area contributed by atoms with E-state index in [1.807, 2.05) is 24.3 Å². The third kappa shape index (κ3) is 2.85. The quantitative estimate of drug-likeness (QED) is 0.297. The molecule has 0 spiro atoms. The van der Waals surface area contributed by atoms with Crippen molar-refractivity contribution in [3.63, 3.8) is 0 Å². The Morgan fingerprint density at radius 3 is 2.69 bits per heavy atom. The molecule has 0 saturated carbocycles. The Morgan fingerprint density at radius 2 is 1.84 bits per heavy atom. The van der Waals surface area contributed by atoms with Gasteiger partial charge >= 0.3 is 5.63 Å². The Kier molecular flexibility index (Phi) is 4.46.